The Morgan fingerprint density at radius 3 is 1.83 bits per heavy atom. The summed E-state index contributed by atoms with van der Waals surface area (Å²) in [4.78, 5) is 29.3. The van der Waals surface area contributed by atoms with Crippen LogP contribution in [0.4, 0.5) is 20.2 Å². The van der Waals surface area contributed by atoms with Crippen molar-refractivity contribution in [3.63, 3.8) is 0 Å². The summed E-state index contributed by atoms with van der Waals surface area (Å²) in [5.74, 6) is -2.54. The largest absolute Gasteiger partial charge is 0.508 e. The van der Waals surface area contributed by atoms with Gasteiger partial charge in [-0.25, -0.2) is 0 Å². The molecule has 24 heavy (non-hydrogen) atoms. The lowest BCUT2D eigenvalue weighted by Gasteiger charge is -1.96. The monoisotopic (exact) mass is 340 g/mol. The molecule has 2 aromatic rings. The normalized spacial score (nSPS) is 9.62. The Bertz CT molecular complexity index is 810. The topological polar surface area (TPSA) is 124 Å². The van der Waals surface area contributed by atoms with Crippen LogP contribution in [0.2, 0.25) is 0 Å². The lowest BCUT2D eigenvalue weighted by molar-refractivity contribution is -0.387. The molecule has 10 heteroatoms. The molecular formula is C14H10F2N2O6. The Morgan fingerprint density at radius 1 is 0.958 bits per heavy atom. The number of rotatable bonds is 3. The number of nitrogens with zero attached hydrogens (tertiary/aromatic N) is 2. The van der Waals surface area contributed by atoms with E-state index >= 15 is 0 Å². The maximum Gasteiger partial charge on any atom is 0.308 e. The van der Waals surface area contributed by atoms with E-state index in [0.717, 1.165) is 30.3 Å². The van der Waals surface area contributed by atoms with E-state index in [2.05, 4.69) is 0 Å². The fraction of sp³-hybridized carbons (Fsp3) is 0.0714. The zero-order valence-electron chi connectivity index (χ0n) is 12.1. The molecule has 0 heterocycles. The van der Waals surface area contributed by atoms with E-state index < -0.39 is 32.9 Å². The van der Waals surface area contributed by atoms with E-state index in [0.29, 0.717) is 0 Å². The average Bonchev–Trinajstić information content (AvgIpc) is 2.50. The molecule has 0 fully saturated rings. The molecule has 0 radical (unpaired) electrons. The number of Topliss-reactive ketones (excluding diaryl/α,β-unsaturated/α-hetero) is 1. The standard InChI is InChI=1S/C8H6FNO3.C6H4FNO3/c1-5(11)6-2-3-7(9)8(4-6)10(12)13;7-5-2-1-4(9)3-6(5)8(10)11/h2-4H,1H3;1-3,9H. The van der Waals surface area contributed by atoms with Crippen molar-refractivity contribution in [2.24, 2.45) is 0 Å². The van der Waals surface area contributed by atoms with Gasteiger partial charge < -0.3 is 5.11 Å². The van der Waals surface area contributed by atoms with Crippen molar-refractivity contribution < 1.29 is 28.5 Å². The van der Waals surface area contributed by atoms with Crippen LogP contribution >= 0.6 is 0 Å². The molecule has 126 valence electrons. The fourth-order valence-corrected chi connectivity index (χ4v) is 1.51. The summed E-state index contributed by atoms with van der Waals surface area (Å²) in [6.45, 7) is 1.26. The van der Waals surface area contributed by atoms with Crippen molar-refractivity contribution in [2.75, 3.05) is 0 Å². The van der Waals surface area contributed by atoms with Gasteiger partial charge in [0.25, 0.3) is 0 Å². The van der Waals surface area contributed by atoms with Gasteiger partial charge in [0.1, 0.15) is 5.75 Å². The van der Waals surface area contributed by atoms with Crippen LogP contribution in [0.1, 0.15) is 17.3 Å². The van der Waals surface area contributed by atoms with E-state index in [1.807, 2.05) is 0 Å². The summed E-state index contributed by atoms with van der Waals surface area (Å²) in [7, 11) is 0. The zero-order chi connectivity index (χ0) is 18.4. The second kappa shape index (κ2) is 7.72. The van der Waals surface area contributed by atoms with Crippen LogP contribution in [0.3, 0.4) is 0 Å². The van der Waals surface area contributed by atoms with Crippen LogP contribution in [0.5, 0.6) is 5.75 Å². The Morgan fingerprint density at radius 2 is 1.42 bits per heavy atom. The van der Waals surface area contributed by atoms with Gasteiger partial charge in [-0.2, -0.15) is 8.78 Å². The van der Waals surface area contributed by atoms with Crippen molar-refractivity contribution in [1.82, 2.24) is 0 Å². The highest BCUT2D eigenvalue weighted by molar-refractivity contribution is 5.94. The number of phenolic OH excluding ortho intramolecular Hbond substituents is 1. The summed E-state index contributed by atoms with van der Waals surface area (Å²) in [6.07, 6.45) is 0. The molecule has 2 rings (SSSR count). The van der Waals surface area contributed by atoms with E-state index in [4.69, 9.17) is 5.11 Å². The Labute approximate surface area is 133 Å². The average molecular weight is 340 g/mol. The molecule has 0 saturated carbocycles. The fourth-order valence-electron chi connectivity index (χ4n) is 1.51. The highest BCUT2D eigenvalue weighted by atomic mass is 19.1. The summed E-state index contributed by atoms with van der Waals surface area (Å²) in [6, 6.07) is 5.70. The lowest BCUT2D eigenvalue weighted by Crippen LogP contribution is -1.97. The second-order valence-electron chi connectivity index (χ2n) is 4.37. The Kier molecular flexibility index (Phi) is 5.99. The van der Waals surface area contributed by atoms with E-state index in [9.17, 15) is 33.8 Å². The van der Waals surface area contributed by atoms with Crippen LogP contribution in [0.25, 0.3) is 0 Å². The molecule has 2 aromatic carbocycles. The van der Waals surface area contributed by atoms with Crippen molar-refractivity contribution in [2.45, 2.75) is 6.92 Å². The van der Waals surface area contributed by atoms with Crippen molar-refractivity contribution in [3.8, 4) is 5.75 Å². The summed E-state index contributed by atoms with van der Waals surface area (Å²) in [5, 5.41) is 29.0. The number of halogens is 2. The molecule has 1 N–H and O–H groups in total. The molecule has 0 aliphatic rings. The maximum atomic E-state index is 12.7. The van der Waals surface area contributed by atoms with E-state index in [1.165, 1.54) is 13.0 Å². The predicted molar refractivity (Wildman–Crippen MR) is 77.8 cm³/mol. The molecular weight excluding hydrogens is 330 g/mol. The van der Waals surface area contributed by atoms with Gasteiger partial charge in [-0.05, 0) is 31.2 Å². The van der Waals surface area contributed by atoms with Crippen molar-refractivity contribution in [1.29, 1.82) is 0 Å². The number of benzene rings is 2. The first-order valence-electron chi connectivity index (χ1n) is 6.21. The highest BCUT2D eigenvalue weighted by Gasteiger charge is 2.15. The number of hydrogen-bond donors (Lipinski definition) is 1. The number of ketones is 1. The zero-order valence-corrected chi connectivity index (χ0v) is 12.1. The van der Waals surface area contributed by atoms with Gasteiger partial charge in [-0.3, -0.25) is 25.0 Å². The quantitative estimate of drug-likeness (QED) is 0.519. The Hall–Kier alpha value is -3.43. The minimum Gasteiger partial charge on any atom is -0.508 e. The number of carbonyl (C=O) groups is 1. The van der Waals surface area contributed by atoms with Gasteiger partial charge in [0.15, 0.2) is 5.78 Å². The number of hydrogen-bond acceptors (Lipinski definition) is 6. The molecule has 0 aliphatic heterocycles. The highest BCUT2D eigenvalue weighted by Crippen LogP contribution is 2.21. The van der Waals surface area contributed by atoms with Crippen molar-refractivity contribution in [3.05, 3.63) is 73.8 Å². The maximum absolute atomic E-state index is 12.7. The molecule has 0 unspecified atom stereocenters. The van der Waals surface area contributed by atoms with Crippen LogP contribution in [0, 0.1) is 31.9 Å². The van der Waals surface area contributed by atoms with Gasteiger partial charge >= 0.3 is 11.4 Å². The van der Waals surface area contributed by atoms with Gasteiger partial charge in [-0.1, -0.05) is 0 Å². The number of carbonyl (C=O) groups excluding carboxylic acids is 1. The van der Waals surface area contributed by atoms with Gasteiger partial charge in [0, 0.05) is 11.6 Å². The first-order valence-corrected chi connectivity index (χ1v) is 6.21. The number of nitro benzene ring substituents is 2. The number of aromatic hydroxyl groups is 1. The first-order chi connectivity index (χ1) is 11.1. The second-order valence-corrected chi connectivity index (χ2v) is 4.37. The predicted octanol–water partition coefficient (Wildman–Crippen LogP) is 3.38. The van der Waals surface area contributed by atoms with E-state index in [-0.39, 0.29) is 17.1 Å². The third kappa shape index (κ3) is 4.80. The van der Waals surface area contributed by atoms with Crippen LogP contribution in [-0.4, -0.2) is 20.7 Å². The van der Waals surface area contributed by atoms with Crippen LogP contribution in [0.15, 0.2) is 36.4 Å². The van der Waals surface area contributed by atoms with E-state index in [1.54, 1.807) is 0 Å². The lowest BCUT2D eigenvalue weighted by atomic mass is 10.1. The summed E-state index contributed by atoms with van der Waals surface area (Å²) in [5.41, 5.74) is -1.26. The molecule has 8 nitrogen and oxygen atoms in total. The first kappa shape index (κ1) is 18.6. The Balaban J connectivity index is 0.000000243. The molecule has 0 aromatic heterocycles. The number of phenols is 1. The van der Waals surface area contributed by atoms with Crippen LogP contribution < -0.4 is 0 Å². The molecule has 0 aliphatic carbocycles. The summed E-state index contributed by atoms with van der Waals surface area (Å²) < 4.78 is 25.2. The number of nitro groups is 2. The minimum absolute atomic E-state index is 0.133. The molecule has 0 atom stereocenters. The SMILES string of the molecule is CC(=O)c1ccc(F)c([N+](=O)[O-])c1.O=[N+]([O-])c1cc(O)ccc1F. The van der Waals surface area contributed by atoms with Crippen LogP contribution in [-0.2, 0) is 0 Å². The minimum atomic E-state index is -0.951. The van der Waals surface area contributed by atoms with Gasteiger partial charge in [-0.15, -0.1) is 0 Å². The molecule has 0 amide bonds. The smallest absolute Gasteiger partial charge is 0.308 e. The third-order valence-corrected chi connectivity index (χ3v) is 2.68. The van der Waals surface area contributed by atoms with Gasteiger partial charge in [0.05, 0.1) is 15.9 Å². The molecule has 0 saturated heterocycles. The molecule has 0 spiro atoms. The molecule has 0 bridgehead atoms. The third-order valence-electron chi connectivity index (χ3n) is 2.68. The van der Waals surface area contributed by atoms with Gasteiger partial charge in [0.2, 0.25) is 11.6 Å². The van der Waals surface area contributed by atoms with Crippen molar-refractivity contribution >= 4 is 17.2 Å². The summed E-state index contributed by atoms with van der Waals surface area (Å²) >= 11 is 0.